The third kappa shape index (κ3) is 11.0. The third-order valence-corrected chi connectivity index (χ3v) is 5.59. The molecular weight excluding hydrogens is 646 g/mol. The number of alkyl halides is 6. The summed E-state index contributed by atoms with van der Waals surface area (Å²) in [5.74, 6) is -3.96. The molecule has 0 N–H and O–H groups in total. The van der Waals surface area contributed by atoms with Crippen molar-refractivity contribution in [2.24, 2.45) is 0 Å². The van der Waals surface area contributed by atoms with Gasteiger partial charge in [-0.05, 0) is 73.7 Å². The number of ether oxygens (including phenoxy) is 7. The fourth-order valence-corrected chi connectivity index (χ4v) is 3.19. The highest BCUT2D eigenvalue weighted by Crippen LogP contribution is 2.38. The van der Waals surface area contributed by atoms with Crippen molar-refractivity contribution in [3.63, 3.8) is 0 Å². The van der Waals surface area contributed by atoms with E-state index in [1.807, 2.05) is 0 Å². The largest absolute Gasteiger partial charge is 0.457 e. The quantitative estimate of drug-likeness (QED) is 0.0597. The summed E-state index contributed by atoms with van der Waals surface area (Å²) >= 11 is 0. The lowest BCUT2D eigenvalue weighted by molar-refractivity contribution is -0.156. The fourth-order valence-electron chi connectivity index (χ4n) is 3.19. The molecule has 0 saturated carbocycles. The first-order chi connectivity index (χ1) is 22.0. The topological polar surface area (TPSA) is 116 Å². The van der Waals surface area contributed by atoms with Crippen LogP contribution in [-0.4, -0.2) is 44.5 Å². The average Bonchev–Trinajstić information content (AvgIpc) is 3.01. The van der Waals surface area contributed by atoms with E-state index in [1.54, 1.807) is 0 Å². The van der Waals surface area contributed by atoms with Crippen molar-refractivity contribution in [2.75, 3.05) is 20.4 Å². The Morgan fingerprint density at radius 1 is 0.638 bits per heavy atom. The first-order valence-electron chi connectivity index (χ1n) is 12.9. The van der Waals surface area contributed by atoms with Crippen LogP contribution >= 0.6 is 0 Å². The van der Waals surface area contributed by atoms with Gasteiger partial charge in [-0.2, -0.15) is 26.3 Å². The number of carbonyl (C=O) groups excluding carboxylic acids is 3. The summed E-state index contributed by atoms with van der Waals surface area (Å²) in [5, 5.41) is 0. The highest BCUT2D eigenvalue weighted by atomic mass is 19.4. The molecule has 3 rings (SSSR count). The van der Waals surface area contributed by atoms with Crippen LogP contribution in [-0.2, 0) is 25.2 Å². The molecule has 0 saturated heterocycles. The van der Waals surface area contributed by atoms with Gasteiger partial charge < -0.3 is 33.2 Å². The number of rotatable bonds is 14. The minimum atomic E-state index is -4.97. The molecule has 0 unspecified atom stereocenters. The Hall–Kier alpha value is -5.67. The van der Waals surface area contributed by atoms with Gasteiger partial charge in [0.2, 0.25) is 20.4 Å². The van der Waals surface area contributed by atoms with Gasteiger partial charge in [-0.3, -0.25) is 0 Å². The second-order valence-corrected chi connectivity index (χ2v) is 9.09. The molecule has 250 valence electrons. The summed E-state index contributed by atoms with van der Waals surface area (Å²) in [5.41, 5.74) is -2.90. The molecule has 0 aromatic heterocycles. The molecule has 0 heterocycles. The van der Waals surface area contributed by atoms with Crippen LogP contribution in [0, 0.1) is 0 Å². The minimum absolute atomic E-state index is 0.0130. The highest BCUT2D eigenvalue weighted by Gasteiger charge is 2.38. The molecule has 0 radical (unpaired) electrons. The maximum absolute atomic E-state index is 13.8. The van der Waals surface area contributed by atoms with Gasteiger partial charge in [0, 0.05) is 5.57 Å². The molecule has 0 aliphatic heterocycles. The summed E-state index contributed by atoms with van der Waals surface area (Å²) in [4.78, 5) is 35.1. The molecular formula is C31H24F6O10. The Balaban J connectivity index is 1.53. The zero-order chi connectivity index (χ0) is 34.8. The maximum atomic E-state index is 13.8. The average molecular weight is 671 g/mol. The highest BCUT2D eigenvalue weighted by molar-refractivity contribution is 5.91. The number of benzene rings is 3. The van der Waals surface area contributed by atoms with Gasteiger partial charge >= 0.3 is 30.3 Å². The van der Waals surface area contributed by atoms with E-state index in [-0.39, 0.29) is 29.4 Å². The van der Waals surface area contributed by atoms with Gasteiger partial charge in [0.25, 0.3) is 0 Å². The molecule has 0 aliphatic carbocycles. The van der Waals surface area contributed by atoms with Crippen LogP contribution in [0.1, 0.15) is 22.8 Å². The van der Waals surface area contributed by atoms with Crippen molar-refractivity contribution in [2.45, 2.75) is 19.3 Å². The number of halogens is 6. The van der Waals surface area contributed by atoms with E-state index in [0.29, 0.717) is 11.8 Å². The van der Waals surface area contributed by atoms with Crippen LogP contribution in [0.2, 0.25) is 0 Å². The molecule has 10 nitrogen and oxygen atoms in total. The number of carbonyl (C=O) groups is 3. The van der Waals surface area contributed by atoms with Crippen molar-refractivity contribution in [1.29, 1.82) is 0 Å². The fraction of sp³-hybridized carbons (Fsp3) is 0.194. The van der Waals surface area contributed by atoms with E-state index in [1.165, 1.54) is 43.3 Å². The molecule has 3 aromatic carbocycles. The first-order valence-corrected chi connectivity index (χ1v) is 12.9. The van der Waals surface area contributed by atoms with Gasteiger partial charge in [-0.15, -0.1) is 0 Å². The van der Waals surface area contributed by atoms with Gasteiger partial charge in [0.1, 0.15) is 39.9 Å². The molecule has 0 atom stereocenters. The van der Waals surface area contributed by atoms with E-state index in [0.717, 1.165) is 24.3 Å². The molecule has 16 heteroatoms. The predicted octanol–water partition coefficient (Wildman–Crippen LogP) is 6.79. The van der Waals surface area contributed by atoms with Gasteiger partial charge in [-0.1, -0.05) is 13.2 Å². The summed E-state index contributed by atoms with van der Waals surface area (Å²) in [6.07, 6.45) is -9.88. The predicted molar refractivity (Wildman–Crippen MR) is 149 cm³/mol. The Morgan fingerprint density at radius 2 is 1.11 bits per heavy atom. The van der Waals surface area contributed by atoms with Crippen LogP contribution in [0.25, 0.3) is 0 Å². The number of esters is 3. The summed E-state index contributed by atoms with van der Waals surface area (Å²) in [7, 11) is 0. The minimum Gasteiger partial charge on any atom is -0.457 e. The van der Waals surface area contributed by atoms with Crippen molar-refractivity contribution in [3.05, 3.63) is 102 Å². The van der Waals surface area contributed by atoms with Crippen molar-refractivity contribution in [1.82, 2.24) is 0 Å². The monoisotopic (exact) mass is 670 g/mol. The molecule has 0 spiro atoms. The summed E-state index contributed by atoms with van der Waals surface area (Å²) in [6.45, 7) is 5.61. The molecule has 0 bridgehead atoms. The lowest BCUT2D eigenvalue weighted by Crippen LogP contribution is -2.22. The standard InChI is InChI=1S/C31H24F6O10/c1-18(2)27(38)45-16-42-23-10-8-22(9-11-23)41-15-44-26-13-12-24(14-25(26)31(35,36)37)47-29(40)20-4-6-21(7-5-20)43-17-46-28(39)19(3)30(32,33)34/h4-14H,1,3,15-17H2,2H3. The van der Waals surface area contributed by atoms with E-state index < -0.39 is 66.5 Å². The molecule has 0 fully saturated rings. The first kappa shape index (κ1) is 35.8. The van der Waals surface area contributed by atoms with Crippen LogP contribution in [0.4, 0.5) is 26.3 Å². The van der Waals surface area contributed by atoms with Gasteiger partial charge in [0.05, 0.1) is 5.56 Å². The zero-order valence-electron chi connectivity index (χ0n) is 24.2. The second kappa shape index (κ2) is 15.6. The van der Waals surface area contributed by atoms with Crippen LogP contribution in [0.3, 0.4) is 0 Å². The van der Waals surface area contributed by atoms with Gasteiger partial charge in [-0.25, -0.2) is 14.4 Å². The Labute approximate surface area is 262 Å². The Bertz CT molecular complexity index is 1600. The van der Waals surface area contributed by atoms with E-state index in [9.17, 15) is 40.7 Å². The third-order valence-electron chi connectivity index (χ3n) is 5.59. The van der Waals surface area contributed by atoms with Crippen LogP contribution < -0.4 is 23.7 Å². The van der Waals surface area contributed by atoms with Crippen molar-refractivity contribution >= 4 is 17.9 Å². The van der Waals surface area contributed by atoms with Crippen molar-refractivity contribution < 1.29 is 73.9 Å². The van der Waals surface area contributed by atoms with Crippen LogP contribution in [0.15, 0.2) is 91.0 Å². The van der Waals surface area contributed by atoms with Crippen molar-refractivity contribution in [3.8, 4) is 28.7 Å². The van der Waals surface area contributed by atoms with E-state index in [2.05, 4.69) is 17.9 Å². The molecule has 0 amide bonds. The molecule has 47 heavy (non-hydrogen) atoms. The summed E-state index contributed by atoms with van der Waals surface area (Å²) < 4.78 is 113. The zero-order valence-corrected chi connectivity index (χ0v) is 24.2. The van der Waals surface area contributed by atoms with Gasteiger partial charge in [0.15, 0.2) is 0 Å². The SMILES string of the molecule is C=C(C)C(=O)OCOc1ccc(OCOc2ccc(OC(=O)c3ccc(OCOC(=O)C(=C)C(F)(F)F)cc3)cc2C(F)(F)F)cc1. The maximum Gasteiger partial charge on any atom is 0.422 e. The smallest absolute Gasteiger partial charge is 0.422 e. The molecule has 0 aliphatic rings. The molecule has 3 aromatic rings. The Morgan fingerprint density at radius 3 is 1.60 bits per heavy atom. The summed E-state index contributed by atoms with van der Waals surface area (Å²) in [6, 6.07) is 13.0. The van der Waals surface area contributed by atoms with E-state index >= 15 is 0 Å². The van der Waals surface area contributed by atoms with E-state index in [4.69, 9.17) is 28.4 Å². The number of hydrogen-bond donors (Lipinski definition) is 0. The number of hydrogen-bond acceptors (Lipinski definition) is 10. The van der Waals surface area contributed by atoms with Crippen LogP contribution in [0.5, 0.6) is 28.7 Å². The normalized spacial score (nSPS) is 11.1. The Kier molecular flexibility index (Phi) is 11.8. The lowest BCUT2D eigenvalue weighted by Gasteiger charge is -2.16. The lowest BCUT2D eigenvalue weighted by atomic mass is 10.1. The second-order valence-electron chi connectivity index (χ2n) is 9.09.